The van der Waals surface area contributed by atoms with Crippen LogP contribution in [-0.2, 0) is 11.2 Å². The fraction of sp³-hybridized carbons (Fsp3) is 0.714. The summed E-state index contributed by atoms with van der Waals surface area (Å²) >= 11 is 1.60. The highest BCUT2D eigenvalue weighted by molar-refractivity contribution is 7.09. The Hall–Kier alpha value is -0.740. The molecule has 100 valence electrons. The van der Waals surface area contributed by atoms with E-state index in [9.17, 15) is 4.79 Å². The number of ketones is 1. The van der Waals surface area contributed by atoms with Gasteiger partial charge in [0.25, 0.3) is 0 Å². The molecular weight excluding hydrogens is 244 g/mol. The summed E-state index contributed by atoms with van der Waals surface area (Å²) in [7, 11) is 4.08. The average molecular weight is 266 g/mol. The molecule has 0 unspecified atom stereocenters. The lowest BCUT2D eigenvalue weighted by atomic mass is 9.76. The lowest BCUT2D eigenvalue weighted by molar-refractivity contribution is -0.131. The van der Waals surface area contributed by atoms with E-state index in [2.05, 4.69) is 9.88 Å². The van der Waals surface area contributed by atoms with Crippen LogP contribution in [0.2, 0.25) is 0 Å². The van der Waals surface area contributed by atoms with Crippen LogP contribution < -0.4 is 0 Å². The Kier molecular flexibility index (Phi) is 4.17. The van der Waals surface area contributed by atoms with Crippen molar-refractivity contribution in [3.8, 4) is 0 Å². The quantitative estimate of drug-likeness (QED) is 0.840. The molecule has 0 radical (unpaired) electrons. The third kappa shape index (κ3) is 2.64. The van der Waals surface area contributed by atoms with Crippen LogP contribution in [0.5, 0.6) is 0 Å². The summed E-state index contributed by atoms with van der Waals surface area (Å²) in [4.78, 5) is 19.2. The van der Waals surface area contributed by atoms with Crippen molar-refractivity contribution < 1.29 is 4.79 Å². The standard InChI is InChI=1S/C14H22N2OS/c1-11-10-18-13(15-11)9-12(17)14(16(2)3)7-5-4-6-8-14/h10H,4-9H2,1-3H3. The summed E-state index contributed by atoms with van der Waals surface area (Å²) < 4.78 is 0. The molecule has 0 amide bonds. The van der Waals surface area contributed by atoms with Crippen molar-refractivity contribution in [2.45, 2.75) is 51.0 Å². The third-order valence-electron chi connectivity index (χ3n) is 4.03. The molecule has 18 heavy (non-hydrogen) atoms. The number of nitrogens with zero attached hydrogens (tertiary/aromatic N) is 2. The first-order chi connectivity index (χ1) is 8.54. The summed E-state index contributed by atoms with van der Waals surface area (Å²) in [6.45, 7) is 1.98. The molecule has 0 saturated heterocycles. The fourth-order valence-corrected chi connectivity index (χ4v) is 3.67. The van der Waals surface area contributed by atoms with Crippen molar-refractivity contribution >= 4 is 17.1 Å². The smallest absolute Gasteiger partial charge is 0.159 e. The molecule has 2 rings (SSSR count). The Labute approximate surface area is 113 Å². The van der Waals surface area contributed by atoms with E-state index in [-0.39, 0.29) is 5.54 Å². The van der Waals surface area contributed by atoms with Crippen molar-refractivity contribution in [3.63, 3.8) is 0 Å². The second-order valence-corrected chi connectivity index (χ2v) is 6.41. The summed E-state index contributed by atoms with van der Waals surface area (Å²) in [5.41, 5.74) is 0.781. The number of carbonyl (C=O) groups excluding carboxylic acids is 1. The first kappa shape index (κ1) is 13.7. The lowest BCUT2D eigenvalue weighted by Crippen LogP contribution is -2.53. The molecule has 0 N–H and O–H groups in total. The third-order valence-corrected chi connectivity index (χ3v) is 5.00. The van der Waals surface area contributed by atoms with E-state index in [0.717, 1.165) is 23.5 Å². The second kappa shape index (κ2) is 5.49. The van der Waals surface area contributed by atoms with Crippen molar-refractivity contribution in [3.05, 3.63) is 16.1 Å². The number of aryl methyl sites for hydroxylation is 1. The molecule has 1 aromatic rings. The predicted octanol–water partition coefficient (Wildman–Crippen LogP) is 2.83. The molecule has 1 aromatic heterocycles. The van der Waals surface area contributed by atoms with Gasteiger partial charge >= 0.3 is 0 Å². The zero-order valence-electron chi connectivity index (χ0n) is 11.5. The second-order valence-electron chi connectivity index (χ2n) is 5.47. The summed E-state index contributed by atoms with van der Waals surface area (Å²) in [6, 6.07) is 0. The molecular formula is C14H22N2OS. The van der Waals surface area contributed by atoms with Crippen molar-refractivity contribution in [1.29, 1.82) is 0 Å². The number of thiazole rings is 1. The van der Waals surface area contributed by atoms with Crippen LogP contribution in [0, 0.1) is 6.92 Å². The predicted molar refractivity (Wildman–Crippen MR) is 75.1 cm³/mol. The van der Waals surface area contributed by atoms with Crippen LogP contribution in [0.25, 0.3) is 0 Å². The number of rotatable bonds is 4. The number of hydrogen-bond acceptors (Lipinski definition) is 4. The topological polar surface area (TPSA) is 33.2 Å². The van der Waals surface area contributed by atoms with Gasteiger partial charge < -0.3 is 0 Å². The number of Topliss-reactive ketones (excluding diaryl/α,β-unsaturated/α-hetero) is 1. The molecule has 0 bridgehead atoms. The summed E-state index contributed by atoms with van der Waals surface area (Å²) in [5, 5.41) is 2.98. The average Bonchev–Trinajstić information content (AvgIpc) is 2.75. The van der Waals surface area contributed by atoms with Gasteiger partial charge in [0.15, 0.2) is 5.78 Å². The van der Waals surface area contributed by atoms with Crippen LogP contribution in [-0.4, -0.2) is 35.3 Å². The Bertz CT molecular complexity index is 419. The fourth-order valence-electron chi connectivity index (χ4n) is 2.90. The first-order valence-corrected chi connectivity index (χ1v) is 7.54. The maximum Gasteiger partial charge on any atom is 0.159 e. The lowest BCUT2D eigenvalue weighted by Gasteiger charge is -2.41. The van der Waals surface area contributed by atoms with Crippen LogP contribution in [0.15, 0.2) is 5.38 Å². The van der Waals surface area contributed by atoms with E-state index in [1.54, 1.807) is 11.3 Å². The molecule has 0 aromatic carbocycles. The molecule has 1 aliphatic rings. The zero-order chi connectivity index (χ0) is 13.2. The molecule has 1 aliphatic carbocycles. The van der Waals surface area contributed by atoms with Crippen molar-refractivity contribution in [1.82, 2.24) is 9.88 Å². The van der Waals surface area contributed by atoms with Crippen LogP contribution in [0.1, 0.15) is 42.8 Å². The van der Waals surface area contributed by atoms with E-state index in [0.29, 0.717) is 12.2 Å². The van der Waals surface area contributed by atoms with Gasteiger partial charge in [-0.1, -0.05) is 19.3 Å². The highest BCUT2D eigenvalue weighted by atomic mass is 32.1. The Balaban J connectivity index is 2.13. The Morgan fingerprint density at radius 3 is 2.56 bits per heavy atom. The van der Waals surface area contributed by atoms with Gasteiger partial charge in [-0.15, -0.1) is 11.3 Å². The van der Waals surface area contributed by atoms with Crippen molar-refractivity contribution in [2.75, 3.05) is 14.1 Å². The molecule has 3 nitrogen and oxygen atoms in total. The number of carbonyl (C=O) groups is 1. The van der Waals surface area contributed by atoms with Gasteiger partial charge in [-0.3, -0.25) is 9.69 Å². The Morgan fingerprint density at radius 1 is 1.39 bits per heavy atom. The van der Waals surface area contributed by atoms with Gasteiger partial charge in [-0.25, -0.2) is 4.98 Å². The van der Waals surface area contributed by atoms with Gasteiger partial charge in [0.2, 0.25) is 0 Å². The molecule has 0 atom stereocenters. The molecule has 0 aliphatic heterocycles. The van der Waals surface area contributed by atoms with Gasteiger partial charge in [-0.05, 0) is 33.9 Å². The van der Waals surface area contributed by atoms with Gasteiger partial charge in [0, 0.05) is 11.1 Å². The highest BCUT2D eigenvalue weighted by Crippen LogP contribution is 2.34. The molecule has 1 fully saturated rings. The summed E-state index contributed by atoms with van der Waals surface area (Å²) in [6.07, 6.45) is 6.10. The largest absolute Gasteiger partial charge is 0.297 e. The summed E-state index contributed by atoms with van der Waals surface area (Å²) in [5.74, 6) is 0.349. The van der Waals surface area contributed by atoms with E-state index in [1.165, 1.54) is 19.3 Å². The van der Waals surface area contributed by atoms with E-state index in [4.69, 9.17) is 0 Å². The van der Waals surface area contributed by atoms with Gasteiger partial charge in [0.1, 0.15) is 5.01 Å². The molecule has 4 heteroatoms. The van der Waals surface area contributed by atoms with Crippen LogP contribution >= 0.6 is 11.3 Å². The SMILES string of the molecule is Cc1csc(CC(=O)C2(N(C)C)CCCCC2)n1. The molecule has 0 spiro atoms. The number of aromatic nitrogens is 1. The molecule has 1 saturated carbocycles. The minimum Gasteiger partial charge on any atom is -0.297 e. The highest BCUT2D eigenvalue weighted by Gasteiger charge is 2.41. The van der Waals surface area contributed by atoms with Crippen molar-refractivity contribution in [2.24, 2.45) is 0 Å². The maximum atomic E-state index is 12.7. The Morgan fingerprint density at radius 2 is 2.06 bits per heavy atom. The van der Waals surface area contributed by atoms with Crippen LogP contribution in [0.4, 0.5) is 0 Å². The first-order valence-electron chi connectivity index (χ1n) is 6.66. The monoisotopic (exact) mass is 266 g/mol. The minimum atomic E-state index is -0.238. The van der Waals surface area contributed by atoms with E-state index >= 15 is 0 Å². The normalized spacial score (nSPS) is 19.1. The number of likely N-dealkylation sites (N-methyl/N-ethyl adjacent to an activating group) is 1. The maximum absolute atomic E-state index is 12.7. The van der Waals surface area contributed by atoms with E-state index in [1.807, 2.05) is 26.4 Å². The van der Waals surface area contributed by atoms with Crippen LogP contribution in [0.3, 0.4) is 0 Å². The van der Waals surface area contributed by atoms with E-state index < -0.39 is 0 Å². The zero-order valence-corrected chi connectivity index (χ0v) is 12.3. The molecule has 1 heterocycles. The van der Waals surface area contributed by atoms with Gasteiger partial charge in [0.05, 0.1) is 12.0 Å². The number of hydrogen-bond donors (Lipinski definition) is 0. The van der Waals surface area contributed by atoms with Gasteiger partial charge in [-0.2, -0.15) is 0 Å². The minimum absolute atomic E-state index is 0.238.